The second-order valence-corrected chi connectivity index (χ2v) is 8.94. The molecule has 0 radical (unpaired) electrons. The van der Waals surface area contributed by atoms with Gasteiger partial charge in [-0.05, 0) is 37.3 Å². The first-order valence-electron chi connectivity index (χ1n) is 11.2. The van der Waals surface area contributed by atoms with Crippen molar-refractivity contribution in [2.45, 2.75) is 63.6 Å². The summed E-state index contributed by atoms with van der Waals surface area (Å²) < 4.78 is 1.72. The number of rotatable bonds is 5. The zero-order valence-electron chi connectivity index (χ0n) is 17.7. The molecule has 2 aliphatic rings. The minimum atomic E-state index is -0.129. The van der Waals surface area contributed by atoms with E-state index in [0.717, 1.165) is 31.2 Å². The van der Waals surface area contributed by atoms with Gasteiger partial charge in [0.25, 0.3) is 5.91 Å². The van der Waals surface area contributed by atoms with Crippen LogP contribution in [0.25, 0.3) is 0 Å². The maximum absolute atomic E-state index is 12.6. The molecule has 4 rings (SSSR count). The minimum absolute atomic E-state index is 0.0394. The molecule has 2 N–H and O–H groups in total. The highest BCUT2D eigenvalue weighted by Crippen LogP contribution is 2.19. The number of carbonyl (C=O) groups is 2. The summed E-state index contributed by atoms with van der Waals surface area (Å²) in [7, 11) is 0. The van der Waals surface area contributed by atoms with Crippen molar-refractivity contribution in [3.05, 3.63) is 52.8 Å². The van der Waals surface area contributed by atoms with Crippen LogP contribution in [0.1, 0.15) is 60.9 Å². The van der Waals surface area contributed by atoms with Gasteiger partial charge in [-0.2, -0.15) is 5.10 Å². The van der Waals surface area contributed by atoms with Crippen LogP contribution in [0.4, 0.5) is 4.79 Å². The molecule has 1 aromatic carbocycles. The highest BCUT2D eigenvalue weighted by molar-refractivity contribution is 6.31. The number of benzene rings is 1. The molecule has 2 heterocycles. The molecule has 1 aliphatic carbocycles. The van der Waals surface area contributed by atoms with Gasteiger partial charge in [0, 0.05) is 36.4 Å². The molecule has 7 nitrogen and oxygen atoms in total. The van der Waals surface area contributed by atoms with Gasteiger partial charge in [0.15, 0.2) is 0 Å². The number of nitrogens with zero attached hydrogens (tertiary/aromatic N) is 3. The molecular formula is C23H30ClN5O2. The lowest BCUT2D eigenvalue weighted by Gasteiger charge is -2.34. The Bertz CT molecular complexity index is 901. The van der Waals surface area contributed by atoms with Gasteiger partial charge in [0.1, 0.15) is 0 Å². The molecule has 2 fully saturated rings. The Morgan fingerprint density at radius 2 is 1.71 bits per heavy atom. The third-order valence-electron chi connectivity index (χ3n) is 6.24. The van der Waals surface area contributed by atoms with Crippen LogP contribution in [0.5, 0.6) is 0 Å². The second-order valence-electron chi connectivity index (χ2n) is 8.54. The van der Waals surface area contributed by atoms with Crippen LogP contribution in [0.2, 0.25) is 5.02 Å². The monoisotopic (exact) mass is 443 g/mol. The van der Waals surface area contributed by atoms with Gasteiger partial charge in [-0.3, -0.25) is 9.48 Å². The van der Waals surface area contributed by atoms with Gasteiger partial charge in [-0.1, -0.05) is 49.1 Å². The van der Waals surface area contributed by atoms with Crippen molar-refractivity contribution in [1.29, 1.82) is 0 Å². The second kappa shape index (κ2) is 10.2. The molecule has 166 valence electrons. The molecule has 0 spiro atoms. The molecule has 1 saturated carbocycles. The number of nitrogens with one attached hydrogen (secondary N) is 2. The quantitative estimate of drug-likeness (QED) is 0.737. The number of urea groups is 1. The van der Waals surface area contributed by atoms with Crippen molar-refractivity contribution in [3.63, 3.8) is 0 Å². The number of hydrogen-bond donors (Lipinski definition) is 2. The van der Waals surface area contributed by atoms with Crippen LogP contribution < -0.4 is 10.6 Å². The summed E-state index contributed by atoms with van der Waals surface area (Å²) in [4.78, 5) is 27.0. The zero-order valence-corrected chi connectivity index (χ0v) is 18.5. The molecule has 0 atom stereocenters. The number of carbonyl (C=O) groups excluding carboxylic acids is 2. The first kappa shape index (κ1) is 21.7. The molecule has 3 amide bonds. The fourth-order valence-corrected chi connectivity index (χ4v) is 4.57. The summed E-state index contributed by atoms with van der Waals surface area (Å²) >= 11 is 6.21. The van der Waals surface area contributed by atoms with Crippen LogP contribution in [-0.4, -0.2) is 51.8 Å². The number of piperidine rings is 1. The maximum Gasteiger partial charge on any atom is 0.317 e. The van der Waals surface area contributed by atoms with E-state index in [9.17, 15) is 9.59 Å². The van der Waals surface area contributed by atoms with E-state index in [4.69, 9.17) is 11.6 Å². The lowest BCUT2D eigenvalue weighted by atomic mass is 9.95. The topological polar surface area (TPSA) is 79.3 Å². The van der Waals surface area contributed by atoms with E-state index in [0.29, 0.717) is 36.3 Å². The van der Waals surface area contributed by atoms with Crippen molar-refractivity contribution in [2.75, 3.05) is 13.1 Å². The molecule has 8 heteroatoms. The summed E-state index contributed by atoms with van der Waals surface area (Å²) in [5.74, 6) is -0.129. The first-order valence-corrected chi connectivity index (χ1v) is 11.6. The summed E-state index contributed by atoms with van der Waals surface area (Å²) in [6.45, 7) is 1.84. The molecule has 0 bridgehead atoms. The Balaban J connectivity index is 1.23. The normalized spacial score (nSPS) is 18.0. The van der Waals surface area contributed by atoms with Crippen LogP contribution in [0, 0.1) is 0 Å². The molecular weight excluding hydrogens is 414 g/mol. The molecule has 2 aromatic rings. The van der Waals surface area contributed by atoms with E-state index in [-0.39, 0.29) is 18.0 Å². The first-order chi connectivity index (χ1) is 15.1. The zero-order chi connectivity index (χ0) is 21.6. The lowest BCUT2D eigenvalue weighted by Crippen LogP contribution is -2.51. The van der Waals surface area contributed by atoms with Crippen LogP contribution in [0.3, 0.4) is 0 Å². The smallest absolute Gasteiger partial charge is 0.317 e. The van der Waals surface area contributed by atoms with Crippen molar-refractivity contribution >= 4 is 23.5 Å². The van der Waals surface area contributed by atoms with Crippen molar-refractivity contribution in [1.82, 2.24) is 25.3 Å². The molecule has 31 heavy (non-hydrogen) atoms. The largest absolute Gasteiger partial charge is 0.349 e. The maximum atomic E-state index is 12.6. The lowest BCUT2D eigenvalue weighted by molar-refractivity contribution is 0.0917. The van der Waals surface area contributed by atoms with Crippen LogP contribution in [-0.2, 0) is 6.54 Å². The summed E-state index contributed by atoms with van der Waals surface area (Å²) in [5.41, 5.74) is 1.49. The molecule has 1 aliphatic heterocycles. The van der Waals surface area contributed by atoms with E-state index in [1.54, 1.807) is 17.1 Å². The van der Waals surface area contributed by atoms with Gasteiger partial charge in [-0.25, -0.2) is 4.79 Å². The van der Waals surface area contributed by atoms with Crippen LogP contribution in [0.15, 0.2) is 36.7 Å². The number of likely N-dealkylation sites (tertiary alicyclic amines) is 1. The van der Waals surface area contributed by atoms with Crippen molar-refractivity contribution < 1.29 is 9.59 Å². The van der Waals surface area contributed by atoms with Gasteiger partial charge in [0.05, 0.1) is 18.3 Å². The average molecular weight is 444 g/mol. The number of amides is 3. The Kier molecular flexibility index (Phi) is 7.12. The van der Waals surface area contributed by atoms with E-state index in [1.807, 2.05) is 29.2 Å². The predicted octanol–water partition coefficient (Wildman–Crippen LogP) is 3.82. The van der Waals surface area contributed by atoms with E-state index >= 15 is 0 Å². The third-order valence-corrected chi connectivity index (χ3v) is 6.60. The van der Waals surface area contributed by atoms with Gasteiger partial charge in [-0.15, -0.1) is 0 Å². The summed E-state index contributed by atoms with van der Waals surface area (Å²) in [5, 5.41) is 11.2. The molecule has 1 saturated heterocycles. The fraction of sp³-hybridized carbons (Fsp3) is 0.522. The van der Waals surface area contributed by atoms with Crippen molar-refractivity contribution in [3.8, 4) is 0 Å². The Morgan fingerprint density at radius 3 is 2.45 bits per heavy atom. The highest BCUT2D eigenvalue weighted by Gasteiger charge is 2.26. The standard InChI is InChI=1S/C23H30ClN5O2/c24-21-9-5-4-6-17(21)15-29-16-18(14-25-29)22(30)26-20-10-12-28(13-11-20)23(31)27-19-7-2-1-3-8-19/h4-6,9,14,16,19-20H,1-3,7-8,10-13,15H2,(H,26,30)(H,27,31). The minimum Gasteiger partial charge on any atom is -0.349 e. The third kappa shape index (κ3) is 5.79. The Labute approximate surface area is 188 Å². The Morgan fingerprint density at radius 1 is 1.00 bits per heavy atom. The van der Waals surface area contributed by atoms with Gasteiger partial charge < -0.3 is 15.5 Å². The number of halogens is 1. The number of aromatic nitrogens is 2. The van der Waals surface area contributed by atoms with E-state index < -0.39 is 0 Å². The van der Waals surface area contributed by atoms with Crippen LogP contribution >= 0.6 is 11.6 Å². The van der Waals surface area contributed by atoms with Gasteiger partial charge in [0.2, 0.25) is 0 Å². The Hall–Kier alpha value is -2.54. The fourth-order valence-electron chi connectivity index (χ4n) is 4.38. The van der Waals surface area contributed by atoms with Gasteiger partial charge >= 0.3 is 6.03 Å². The summed E-state index contributed by atoms with van der Waals surface area (Å²) in [6.07, 6.45) is 10.7. The number of hydrogen-bond acceptors (Lipinski definition) is 3. The SMILES string of the molecule is O=C(NC1CCN(C(=O)NC2CCCCC2)CC1)c1cnn(Cc2ccccc2Cl)c1. The van der Waals surface area contributed by atoms with E-state index in [2.05, 4.69) is 15.7 Å². The summed E-state index contributed by atoms with van der Waals surface area (Å²) in [6, 6.07) is 8.04. The molecule has 0 unspecified atom stereocenters. The highest BCUT2D eigenvalue weighted by atomic mass is 35.5. The van der Waals surface area contributed by atoms with Crippen molar-refractivity contribution in [2.24, 2.45) is 0 Å². The molecule has 1 aromatic heterocycles. The predicted molar refractivity (Wildman–Crippen MR) is 120 cm³/mol. The average Bonchev–Trinajstić information content (AvgIpc) is 3.25. The van der Waals surface area contributed by atoms with E-state index in [1.165, 1.54) is 19.3 Å².